The first-order valence-corrected chi connectivity index (χ1v) is 7.61. The van der Waals surface area contributed by atoms with Crippen LogP contribution in [0.4, 0.5) is 5.69 Å². The Morgan fingerprint density at radius 1 is 1.22 bits per heavy atom. The summed E-state index contributed by atoms with van der Waals surface area (Å²) in [5.41, 5.74) is 1.63. The number of amides is 2. The smallest absolute Gasteiger partial charge is 0.257 e. The molecule has 0 aromatic heterocycles. The molecule has 2 aromatic carbocycles. The molecule has 1 aliphatic rings. The number of anilines is 1. The maximum absolute atomic E-state index is 12.5. The van der Waals surface area contributed by atoms with Crippen molar-refractivity contribution in [2.24, 2.45) is 0 Å². The first kappa shape index (κ1) is 15.1. The normalized spacial score (nSPS) is 13.8. The van der Waals surface area contributed by atoms with Gasteiger partial charge >= 0.3 is 0 Å². The minimum absolute atomic E-state index is 0.0733. The van der Waals surface area contributed by atoms with E-state index >= 15 is 0 Å². The molecule has 2 amide bonds. The van der Waals surface area contributed by atoms with Crippen molar-refractivity contribution >= 4 is 17.5 Å². The van der Waals surface area contributed by atoms with E-state index in [0.29, 0.717) is 42.3 Å². The highest BCUT2D eigenvalue weighted by Crippen LogP contribution is 2.26. The molecule has 2 aromatic rings. The number of hydrogen-bond donors (Lipinski definition) is 1. The number of rotatable bonds is 3. The highest BCUT2D eigenvalue weighted by atomic mass is 16.5. The topological polar surface area (TPSA) is 58.6 Å². The van der Waals surface area contributed by atoms with Crippen LogP contribution in [0.15, 0.2) is 48.5 Å². The molecule has 0 saturated carbocycles. The van der Waals surface area contributed by atoms with E-state index in [9.17, 15) is 9.59 Å². The summed E-state index contributed by atoms with van der Waals surface area (Å²) in [6, 6.07) is 14.1. The van der Waals surface area contributed by atoms with Crippen LogP contribution in [0.2, 0.25) is 0 Å². The molecule has 0 atom stereocenters. The average Bonchev–Trinajstić information content (AvgIpc) is 2.74. The Labute approximate surface area is 134 Å². The minimum Gasteiger partial charge on any atom is -0.491 e. The molecule has 23 heavy (non-hydrogen) atoms. The highest BCUT2D eigenvalue weighted by molar-refractivity contribution is 6.05. The summed E-state index contributed by atoms with van der Waals surface area (Å²) in [6.07, 6.45) is 0. The van der Waals surface area contributed by atoms with Gasteiger partial charge in [0.15, 0.2) is 0 Å². The van der Waals surface area contributed by atoms with Gasteiger partial charge in [-0.25, -0.2) is 0 Å². The van der Waals surface area contributed by atoms with Crippen LogP contribution in [0.5, 0.6) is 5.75 Å². The van der Waals surface area contributed by atoms with Crippen LogP contribution in [-0.4, -0.2) is 36.4 Å². The van der Waals surface area contributed by atoms with Gasteiger partial charge in [0.05, 0.1) is 12.1 Å². The highest BCUT2D eigenvalue weighted by Gasteiger charge is 2.23. The summed E-state index contributed by atoms with van der Waals surface area (Å²) in [4.78, 5) is 26.5. The second-order valence-electron chi connectivity index (χ2n) is 5.26. The van der Waals surface area contributed by atoms with E-state index in [1.54, 1.807) is 35.2 Å². The number of carbonyl (C=O) groups is 2. The Balaban J connectivity index is 1.86. The monoisotopic (exact) mass is 310 g/mol. The Hall–Kier alpha value is -2.82. The van der Waals surface area contributed by atoms with Crippen LogP contribution in [-0.2, 0) is 0 Å². The third-order valence-electron chi connectivity index (χ3n) is 3.79. The molecular formula is C18H18N2O3. The number of nitrogens with zero attached hydrogens (tertiary/aromatic N) is 1. The van der Waals surface area contributed by atoms with Gasteiger partial charge in [-0.05, 0) is 37.3 Å². The first-order chi connectivity index (χ1) is 11.2. The summed E-state index contributed by atoms with van der Waals surface area (Å²) >= 11 is 0. The molecule has 1 heterocycles. The molecule has 1 aliphatic heterocycles. The lowest BCUT2D eigenvalue weighted by molar-refractivity contribution is 0.0764. The van der Waals surface area contributed by atoms with Crippen molar-refractivity contribution in [1.29, 1.82) is 0 Å². The van der Waals surface area contributed by atoms with Crippen molar-refractivity contribution < 1.29 is 14.3 Å². The van der Waals surface area contributed by atoms with Crippen LogP contribution in [0.3, 0.4) is 0 Å². The van der Waals surface area contributed by atoms with Crippen LogP contribution in [0.1, 0.15) is 27.6 Å². The van der Waals surface area contributed by atoms with E-state index in [1.807, 2.05) is 25.1 Å². The predicted octanol–water partition coefficient (Wildman–Crippen LogP) is 2.79. The Morgan fingerprint density at radius 3 is 2.74 bits per heavy atom. The van der Waals surface area contributed by atoms with E-state index in [2.05, 4.69) is 5.32 Å². The van der Waals surface area contributed by atoms with E-state index in [0.717, 1.165) is 0 Å². The largest absolute Gasteiger partial charge is 0.491 e. The van der Waals surface area contributed by atoms with Gasteiger partial charge in [0.1, 0.15) is 12.4 Å². The lowest BCUT2D eigenvalue weighted by Gasteiger charge is -2.17. The lowest BCUT2D eigenvalue weighted by Crippen LogP contribution is -2.32. The zero-order valence-corrected chi connectivity index (χ0v) is 12.9. The number of fused-ring (bicyclic) bond motifs is 1. The number of carbonyl (C=O) groups excluding carboxylic acids is 2. The van der Waals surface area contributed by atoms with E-state index in [-0.39, 0.29) is 11.8 Å². The Kier molecular flexibility index (Phi) is 4.28. The zero-order chi connectivity index (χ0) is 16.2. The van der Waals surface area contributed by atoms with Crippen molar-refractivity contribution in [3.8, 4) is 5.75 Å². The Bertz CT molecular complexity index is 728. The lowest BCUT2D eigenvalue weighted by atomic mass is 10.1. The van der Waals surface area contributed by atoms with Crippen molar-refractivity contribution in [2.75, 3.05) is 25.0 Å². The van der Waals surface area contributed by atoms with Crippen LogP contribution in [0, 0.1) is 0 Å². The molecular weight excluding hydrogens is 292 g/mol. The summed E-state index contributed by atoms with van der Waals surface area (Å²) < 4.78 is 5.62. The zero-order valence-electron chi connectivity index (χ0n) is 12.9. The van der Waals surface area contributed by atoms with Gasteiger partial charge in [0, 0.05) is 17.8 Å². The minimum atomic E-state index is -0.208. The maximum Gasteiger partial charge on any atom is 0.257 e. The molecule has 5 heteroatoms. The molecule has 0 spiro atoms. The predicted molar refractivity (Wildman–Crippen MR) is 87.9 cm³/mol. The fourth-order valence-electron chi connectivity index (χ4n) is 2.53. The van der Waals surface area contributed by atoms with Crippen molar-refractivity contribution in [3.05, 3.63) is 59.7 Å². The number of benzene rings is 2. The molecule has 0 unspecified atom stereocenters. The SMILES string of the molecule is CCN1CCOc2ccc(NC(=O)c3ccccc3)cc2C1=O. The quantitative estimate of drug-likeness (QED) is 0.948. The maximum atomic E-state index is 12.5. The van der Waals surface area contributed by atoms with Gasteiger partial charge in [0.25, 0.3) is 11.8 Å². The first-order valence-electron chi connectivity index (χ1n) is 7.61. The van der Waals surface area contributed by atoms with E-state index < -0.39 is 0 Å². The fourth-order valence-corrected chi connectivity index (χ4v) is 2.53. The molecule has 1 N–H and O–H groups in total. The molecule has 0 bridgehead atoms. The summed E-state index contributed by atoms with van der Waals surface area (Å²) in [5.74, 6) is 0.277. The standard InChI is InChI=1S/C18H18N2O3/c1-2-20-10-11-23-16-9-8-14(12-15(16)18(20)22)19-17(21)13-6-4-3-5-7-13/h3-9,12H,2,10-11H2,1H3,(H,19,21). The molecule has 0 saturated heterocycles. The number of hydrogen-bond acceptors (Lipinski definition) is 3. The molecule has 0 aliphatic carbocycles. The third-order valence-corrected chi connectivity index (χ3v) is 3.79. The van der Waals surface area contributed by atoms with Gasteiger partial charge in [-0.15, -0.1) is 0 Å². The fraction of sp³-hybridized carbons (Fsp3) is 0.222. The summed E-state index contributed by atoms with van der Waals surface area (Å²) in [7, 11) is 0. The second-order valence-corrected chi connectivity index (χ2v) is 5.26. The molecule has 0 radical (unpaired) electrons. The van der Waals surface area contributed by atoms with Crippen molar-refractivity contribution in [3.63, 3.8) is 0 Å². The van der Waals surface area contributed by atoms with Gasteiger partial charge in [0.2, 0.25) is 0 Å². The van der Waals surface area contributed by atoms with Gasteiger partial charge in [-0.1, -0.05) is 18.2 Å². The molecule has 0 fully saturated rings. The number of ether oxygens (including phenoxy) is 1. The Morgan fingerprint density at radius 2 is 2.00 bits per heavy atom. The van der Waals surface area contributed by atoms with Gasteiger partial charge in [-0.2, -0.15) is 0 Å². The van der Waals surface area contributed by atoms with Gasteiger partial charge < -0.3 is 15.0 Å². The molecule has 118 valence electrons. The van der Waals surface area contributed by atoms with Crippen molar-refractivity contribution in [1.82, 2.24) is 4.90 Å². The van der Waals surface area contributed by atoms with E-state index in [4.69, 9.17) is 4.74 Å². The summed E-state index contributed by atoms with van der Waals surface area (Å²) in [6.45, 7) is 3.60. The van der Waals surface area contributed by atoms with E-state index in [1.165, 1.54) is 0 Å². The van der Waals surface area contributed by atoms with Gasteiger partial charge in [-0.3, -0.25) is 9.59 Å². The number of likely N-dealkylation sites (N-methyl/N-ethyl adjacent to an activating group) is 1. The third kappa shape index (κ3) is 3.18. The van der Waals surface area contributed by atoms with Crippen LogP contribution in [0.25, 0.3) is 0 Å². The van der Waals surface area contributed by atoms with Crippen LogP contribution < -0.4 is 10.1 Å². The summed E-state index contributed by atoms with van der Waals surface area (Å²) in [5, 5.41) is 2.82. The van der Waals surface area contributed by atoms with Crippen LogP contribution >= 0.6 is 0 Å². The molecule has 5 nitrogen and oxygen atoms in total. The number of nitrogens with one attached hydrogen (secondary N) is 1. The average molecular weight is 310 g/mol. The molecule has 3 rings (SSSR count). The van der Waals surface area contributed by atoms with Crippen molar-refractivity contribution in [2.45, 2.75) is 6.92 Å². The second kappa shape index (κ2) is 6.52.